The number of aliphatic hydroxyl groups is 1. The van der Waals surface area contributed by atoms with Crippen LogP contribution in [0.25, 0.3) is 0 Å². The Bertz CT molecular complexity index is 969. The van der Waals surface area contributed by atoms with Gasteiger partial charge in [-0.05, 0) is 24.1 Å². The highest BCUT2D eigenvalue weighted by Crippen LogP contribution is 2.19. The molecule has 2 heterocycles. The highest BCUT2D eigenvalue weighted by molar-refractivity contribution is 6.31. The summed E-state index contributed by atoms with van der Waals surface area (Å²) in [4.78, 5) is 16.6. The molecule has 27 heavy (non-hydrogen) atoms. The first-order valence-corrected chi connectivity index (χ1v) is 9.15. The van der Waals surface area contributed by atoms with Gasteiger partial charge in [-0.2, -0.15) is 10.1 Å². The minimum absolute atomic E-state index is 0.0281. The minimum atomic E-state index is -0.463. The van der Waals surface area contributed by atoms with Gasteiger partial charge < -0.3 is 9.63 Å². The van der Waals surface area contributed by atoms with Crippen LogP contribution < -0.4 is 5.56 Å². The Kier molecular flexibility index (Phi) is 6.26. The largest absolute Gasteiger partial charge is 0.396 e. The second kappa shape index (κ2) is 8.65. The molecule has 142 valence electrons. The van der Waals surface area contributed by atoms with Crippen molar-refractivity contribution in [2.75, 3.05) is 6.61 Å². The molecule has 0 saturated carbocycles. The van der Waals surface area contributed by atoms with Crippen molar-refractivity contribution in [1.29, 1.82) is 0 Å². The molecule has 0 bridgehead atoms. The molecule has 0 saturated heterocycles. The zero-order chi connectivity index (χ0) is 19.4. The van der Waals surface area contributed by atoms with Crippen LogP contribution in [0.2, 0.25) is 10.0 Å². The third-order valence-electron chi connectivity index (χ3n) is 4.16. The number of hydrogen-bond donors (Lipinski definition) is 1. The summed E-state index contributed by atoms with van der Waals surface area (Å²) in [6, 6.07) is 7.57. The van der Waals surface area contributed by atoms with Crippen molar-refractivity contribution in [2.24, 2.45) is 0 Å². The molecule has 9 heteroatoms. The summed E-state index contributed by atoms with van der Waals surface area (Å²) in [5, 5.41) is 18.0. The van der Waals surface area contributed by atoms with Gasteiger partial charge in [-0.1, -0.05) is 47.4 Å². The Hall–Kier alpha value is -2.22. The van der Waals surface area contributed by atoms with Crippen molar-refractivity contribution < 1.29 is 9.63 Å². The molecule has 0 radical (unpaired) electrons. The Labute approximate surface area is 165 Å². The summed E-state index contributed by atoms with van der Waals surface area (Å²) in [6.45, 7) is 1.67. The van der Waals surface area contributed by atoms with Crippen molar-refractivity contribution in [3.05, 3.63) is 73.7 Å². The predicted molar refractivity (Wildman–Crippen MR) is 101 cm³/mol. The van der Waals surface area contributed by atoms with Crippen LogP contribution in [0.15, 0.2) is 39.8 Å². The van der Waals surface area contributed by atoms with Gasteiger partial charge >= 0.3 is 0 Å². The van der Waals surface area contributed by atoms with Crippen LogP contribution in [-0.4, -0.2) is 31.6 Å². The van der Waals surface area contributed by atoms with Gasteiger partial charge in [-0.25, -0.2) is 4.68 Å². The van der Waals surface area contributed by atoms with Crippen LogP contribution in [0.1, 0.15) is 35.7 Å². The first-order chi connectivity index (χ1) is 13.0. The van der Waals surface area contributed by atoms with Crippen LogP contribution in [0.4, 0.5) is 0 Å². The van der Waals surface area contributed by atoms with Gasteiger partial charge in [0.1, 0.15) is 11.6 Å². The number of rotatable bonds is 7. The van der Waals surface area contributed by atoms with Gasteiger partial charge in [0.05, 0.1) is 6.20 Å². The predicted octanol–water partition coefficient (Wildman–Crippen LogP) is 2.86. The van der Waals surface area contributed by atoms with E-state index in [1.54, 1.807) is 6.92 Å². The SMILES string of the molecule is CC(CO)c1cnn(Cc2nc(CCc3ccc(Cl)cc3)no2)c(=O)c1Cl. The van der Waals surface area contributed by atoms with Crippen LogP contribution in [0.3, 0.4) is 0 Å². The standard InChI is InChI=1S/C18H18Cl2N4O3/c1-11(10-25)14-8-21-24(18(26)17(14)20)9-16-22-15(23-27-16)7-4-12-2-5-13(19)6-3-12/h2-3,5-6,8,11,25H,4,7,9-10H2,1H3. The molecule has 0 aliphatic carbocycles. The molecular weight excluding hydrogens is 391 g/mol. The molecule has 0 fully saturated rings. The Morgan fingerprint density at radius 1 is 1.22 bits per heavy atom. The fourth-order valence-corrected chi connectivity index (χ4v) is 2.98. The minimum Gasteiger partial charge on any atom is -0.396 e. The third-order valence-corrected chi connectivity index (χ3v) is 4.79. The van der Waals surface area contributed by atoms with Crippen LogP contribution in [0.5, 0.6) is 0 Å². The highest BCUT2D eigenvalue weighted by Gasteiger charge is 2.16. The summed E-state index contributed by atoms with van der Waals surface area (Å²) in [7, 11) is 0. The lowest BCUT2D eigenvalue weighted by molar-refractivity contribution is 0.272. The van der Waals surface area contributed by atoms with Crippen molar-refractivity contribution in [2.45, 2.75) is 32.2 Å². The van der Waals surface area contributed by atoms with E-state index in [0.29, 0.717) is 22.8 Å². The molecule has 0 aliphatic heterocycles. The van der Waals surface area contributed by atoms with Crippen LogP contribution in [0, 0.1) is 0 Å². The zero-order valence-corrected chi connectivity index (χ0v) is 16.1. The van der Waals surface area contributed by atoms with E-state index in [0.717, 1.165) is 16.7 Å². The van der Waals surface area contributed by atoms with Gasteiger partial charge in [-0.3, -0.25) is 4.79 Å². The fraction of sp³-hybridized carbons (Fsp3) is 0.333. The normalized spacial score (nSPS) is 12.3. The van der Waals surface area contributed by atoms with Crippen molar-refractivity contribution in [3.63, 3.8) is 0 Å². The smallest absolute Gasteiger partial charge is 0.286 e. The topological polar surface area (TPSA) is 94.0 Å². The van der Waals surface area contributed by atoms with E-state index in [1.807, 2.05) is 24.3 Å². The van der Waals surface area contributed by atoms with Crippen molar-refractivity contribution >= 4 is 23.2 Å². The lowest BCUT2D eigenvalue weighted by Gasteiger charge is -2.10. The summed E-state index contributed by atoms with van der Waals surface area (Å²) in [5.41, 5.74) is 1.16. The molecule has 2 aromatic heterocycles. The average Bonchev–Trinajstić information content (AvgIpc) is 3.12. The second-order valence-electron chi connectivity index (χ2n) is 6.19. The van der Waals surface area contributed by atoms with Gasteiger partial charge in [0, 0.05) is 29.5 Å². The van der Waals surface area contributed by atoms with E-state index in [1.165, 1.54) is 6.20 Å². The molecule has 1 N–H and O–H groups in total. The van der Waals surface area contributed by atoms with E-state index < -0.39 is 5.56 Å². The fourth-order valence-electron chi connectivity index (χ4n) is 2.52. The van der Waals surface area contributed by atoms with E-state index >= 15 is 0 Å². The number of hydrogen-bond acceptors (Lipinski definition) is 6. The van der Waals surface area contributed by atoms with Crippen molar-refractivity contribution in [1.82, 2.24) is 19.9 Å². The molecule has 0 amide bonds. The summed E-state index contributed by atoms with van der Waals surface area (Å²) < 4.78 is 6.36. The number of benzene rings is 1. The number of halogens is 2. The maximum absolute atomic E-state index is 12.3. The zero-order valence-electron chi connectivity index (χ0n) is 14.6. The molecule has 7 nitrogen and oxygen atoms in total. The van der Waals surface area contributed by atoms with E-state index in [4.69, 9.17) is 27.7 Å². The third kappa shape index (κ3) is 4.74. The maximum Gasteiger partial charge on any atom is 0.286 e. The molecule has 1 unspecified atom stereocenters. The molecule has 1 atom stereocenters. The monoisotopic (exact) mass is 408 g/mol. The van der Waals surface area contributed by atoms with Crippen LogP contribution >= 0.6 is 23.2 Å². The number of aryl methyl sites for hydroxylation is 2. The average molecular weight is 409 g/mol. The summed E-state index contributed by atoms with van der Waals surface area (Å²) in [6.07, 6.45) is 2.82. The molecule has 0 spiro atoms. The van der Waals surface area contributed by atoms with Gasteiger partial charge in [0.15, 0.2) is 5.82 Å². The first-order valence-electron chi connectivity index (χ1n) is 8.40. The Morgan fingerprint density at radius 2 is 1.96 bits per heavy atom. The highest BCUT2D eigenvalue weighted by atomic mass is 35.5. The number of aromatic nitrogens is 4. The van der Waals surface area contributed by atoms with Gasteiger partial charge in [0.2, 0.25) is 5.89 Å². The molecular formula is C18H18Cl2N4O3. The van der Waals surface area contributed by atoms with Crippen molar-refractivity contribution in [3.8, 4) is 0 Å². The van der Waals surface area contributed by atoms with E-state index in [9.17, 15) is 9.90 Å². The lowest BCUT2D eigenvalue weighted by atomic mass is 10.1. The molecule has 0 aliphatic rings. The first kappa shape index (κ1) is 19.5. The summed E-state index contributed by atoms with van der Waals surface area (Å²) in [5.74, 6) is 0.551. The Morgan fingerprint density at radius 3 is 2.67 bits per heavy atom. The number of aliphatic hydroxyl groups excluding tert-OH is 1. The van der Waals surface area contributed by atoms with Gasteiger partial charge in [-0.15, -0.1) is 0 Å². The lowest BCUT2D eigenvalue weighted by Crippen LogP contribution is -2.25. The quantitative estimate of drug-likeness (QED) is 0.645. The van der Waals surface area contributed by atoms with Crippen LogP contribution in [-0.2, 0) is 19.4 Å². The number of nitrogens with zero attached hydrogens (tertiary/aromatic N) is 4. The maximum atomic E-state index is 12.3. The molecule has 1 aromatic carbocycles. The molecule has 3 aromatic rings. The Balaban J connectivity index is 1.68. The molecule has 3 rings (SSSR count). The second-order valence-corrected chi connectivity index (χ2v) is 7.01. The van der Waals surface area contributed by atoms with E-state index in [2.05, 4.69) is 15.2 Å². The van der Waals surface area contributed by atoms with Gasteiger partial charge in [0.25, 0.3) is 5.56 Å². The summed E-state index contributed by atoms with van der Waals surface area (Å²) >= 11 is 12.0. The van der Waals surface area contributed by atoms with E-state index in [-0.39, 0.29) is 30.0 Å².